The summed E-state index contributed by atoms with van der Waals surface area (Å²) in [6.45, 7) is 2.97. The minimum Gasteiger partial charge on any atom is -0.361 e. The number of hydrogen-bond acceptors (Lipinski definition) is 2. The number of aryl methyl sites for hydroxylation is 2. The minimum absolute atomic E-state index is 0.107. The number of hydrogen-bond donors (Lipinski definition) is 3. The van der Waals surface area contributed by atoms with Crippen LogP contribution in [0.3, 0.4) is 0 Å². The van der Waals surface area contributed by atoms with Crippen molar-refractivity contribution in [3.05, 3.63) is 47.2 Å². The van der Waals surface area contributed by atoms with Crippen molar-refractivity contribution in [2.24, 2.45) is 0 Å². The zero-order valence-electron chi connectivity index (χ0n) is 14.0. The molecule has 6 nitrogen and oxygen atoms in total. The van der Waals surface area contributed by atoms with E-state index in [1.54, 1.807) is 18.0 Å². The van der Waals surface area contributed by atoms with E-state index >= 15 is 0 Å². The van der Waals surface area contributed by atoms with Crippen molar-refractivity contribution >= 4 is 22.6 Å². The largest absolute Gasteiger partial charge is 0.361 e. The molecule has 0 saturated heterocycles. The van der Waals surface area contributed by atoms with Crippen LogP contribution in [0, 0.1) is 12.7 Å². The highest BCUT2D eigenvalue weighted by Gasteiger charge is 2.23. The molecule has 2 amide bonds. The first-order valence-corrected chi connectivity index (χ1v) is 8.47. The van der Waals surface area contributed by atoms with Crippen molar-refractivity contribution in [3.63, 3.8) is 0 Å². The van der Waals surface area contributed by atoms with Crippen molar-refractivity contribution < 1.29 is 9.18 Å². The standard InChI is InChI=1S/C18H20FN5O/c1-11-7-13-12(9-21-16(13)8-14(11)19)4-5-20-18(25)24-6-2-3-15-17(24)10-22-23-15/h7-10,21H,2-6H2,1H3,(H,20,25)(H,22,23). The highest BCUT2D eigenvalue weighted by molar-refractivity contribution is 5.93. The Morgan fingerprint density at radius 1 is 1.44 bits per heavy atom. The zero-order chi connectivity index (χ0) is 17.4. The average Bonchev–Trinajstić information content (AvgIpc) is 3.22. The molecule has 0 bridgehead atoms. The lowest BCUT2D eigenvalue weighted by Gasteiger charge is -2.26. The third kappa shape index (κ3) is 2.86. The fourth-order valence-corrected chi connectivity index (χ4v) is 3.38. The van der Waals surface area contributed by atoms with Crippen LogP contribution >= 0.6 is 0 Å². The van der Waals surface area contributed by atoms with E-state index < -0.39 is 0 Å². The predicted molar refractivity (Wildman–Crippen MR) is 94.4 cm³/mol. The van der Waals surface area contributed by atoms with Gasteiger partial charge in [-0.2, -0.15) is 5.10 Å². The van der Waals surface area contributed by atoms with Gasteiger partial charge in [0.15, 0.2) is 0 Å². The topological polar surface area (TPSA) is 76.8 Å². The van der Waals surface area contributed by atoms with Crippen LogP contribution < -0.4 is 10.2 Å². The van der Waals surface area contributed by atoms with Crippen LogP contribution in [0.25, 0.3) is 10.9 Å². The molecule has 0 spiro atoms. The number of aromatic nitrogens is 3. The molecule has 1 aliphatic rings. The number of carbonyl (C=O) groups is 1. The number of benzene rings is 1. The highest BCUT2D eigenvalue weighted by atomic mass is 19.1. The summed E-state index contributed by atoms with van der Waals surface area (Å²) in [6.07, 6.45) is 6.11. The number of nitrogens with one attached hydrogen (secondary N) is 3. The molecule has 0 atom stereocenters. The summed E-state index contributed by atoms with van der Waals surface area (Å²) in [7, 11) is 0. The van der Waals surface area contributed by atoms with Gasteiger partial charge in [-0.05, 0) is 49.4 Å². The van der Waals surface area contributed by atoms with Crippen LogP contribution in [0.1, 0.15) is 23.2 Å². The molecule has 0 fully saturated rings. The Balaban J connectivity index is 1.42. The van der Waals surface area contributed by atoms with Crippen LogP contribution in [-0.2, 0) is 12.8 Å². The Labute approximate surface area is 144 Å². The summed E-state index contributed by atoms with van der Waals surface area (Å²) >= 11 is 0. The molecule has 1 aliphatic heterocycles. The summed E-state index contributed by atoms with van der Waals surface area (Å²) < 4.78 is 13.6. The summed E-state index contributed by atoms with van der Waals surface area (Å²) in [4.78, 5) is 17.3. The first-order chi connectivity index (χ1) is 12.1. The molecule has 4 rings (SSSR count). The molecule has 0 saturated carbocycles. The van der Waals surface area contributed by atoms with E-state index in [1.807, 2.05) is 12.3 Å². The maximum Gasteiger partial charge on any atom is 0.321 e. The molecule has 7 heteroatoms. The second kappa shape index (κ2) is 6.23. The molecule has 3 N–H and O–H groups in total. The normalized spacial score (nSPS) is 13.9. The van der Waals surface area contributed by atoms with E-state index in [4.69, 9.17) is 0 Å². The van der Waals surface area contributed by atoms with Gasteiger partial charge in [-0.1, -0.05) is 0 Å². The smallest absolute Gasteiger partial charge is 0.321 e. The van der Waals surface area contributed by atoms with Gasteiger partial charge < -0.3 is 10.3 Å². The SMILES string of the molecule is Cc1cc2c(CCNC(=O)N3CCCc4[nH]ncc43)c[nH]c2cc1F. The molecule has 1 aromatic carbocycles. The Morgan fingerprint density at radius 2 is 2.32 bits per heavy atom. The van der Waals surface area contributed by atoms with Crippen LogP contribution in [0.5, 0.6) is 0 Å². The van der Waals surface area contributed by atoms with Crippen molar-refractivity contribution in [1.82, 2.24) is 20.5 Å². The highest BCUT2D eigenvalue weighted by Crippen LogP contribution is 2.25. The van der Waals surface area contributed by atoms with Gasteiger partial charge in [0, 0.05) is 30.2 Å². The van der Waals surface area contributed by atoms with Crippen molar-refractivity contribution in [3.8, 4) is 0 Å². The lowest BCUT2D eigenvalue weighted by atomic mass is 10.1. The Hall–Kier alpha value is -2.83. The summed E-state index contributed by atoms with van der Waals surface area (Å²) in [5, 5.41) is 10.9. The maximum absolute atomic E-state index is 13.6. The molecule has 0 radical (unpaired) electrons. The molecule has 25 heavy (non-hydrogen) atoms. The van der Waals surface area contributed by atoms with Gasteiger partial charge in [0.1, 0.15) is 5.82 Å². The summed E-state index contributed by atoms with van der Waals surface area (Å²) in [6, 6.07) is 3.26. The molecule has 130 valence electrons. The molecular weight excluding hydrogens is 321 g/mol. The van der Waals surface area contributed by atoms with Crippen LogP contribution in [0.15, 0.2) is 24.5 Å². The molecule has 3 aromatic rings. The average molecular weight is 341 g/mol. The number of nitrogens with zero attached hydrogens (tertiary/aromatic N) is 2. The summed E-state index contributed by atoms with van der Waals surface area (Å²) in [5.74, 6) is -0.213. The number of urea groups is 1. The quantitative estimate of drug-likeness (QED) is 0.685. The number of halogens is 1. The van der Waals surface area contributed by atoms with E-state index in [0.29, 0.717) is 25.1 Å². The Kier molecular flexibility index (Phi) is 3.91. The molecule has 2 aromatic heterocycles. The molecule has 3 heterocycles. The van der Waals surface area contributed by atoms with Gasteiger partial charge in [0.25, 0.3) is 0 Å². The fraction of sp³-hybridized carbons (Fsp3) is 0.333. The number of aromatic amines is 2. The first-order valence-electron chi connectivity index (χ1n) is 8.47. The predicted octanol–water partition coefficient (Wildman–Crippen LogP) is 3.04. The second-order valence-corrected chi connectivity index (χ2v) is 6.43. The Bertz CT molecular complexity index is 929. The van der Waals surface area contributed by atoms with Gasteiger partial charge in [-0.15, -0.1) is 0 Å². The van der Waals surface area contributed by atoms with Gasteiger partial charge in [-0.3, -0.25) is 10.00 Å². The van der Waals surface area contributed by atoms with E-state index in [0.717, 1.165) is 40.7 Å². The number of rotatable bonds is 3. The number of fused-ring (bicyclic) bond motifs is 2. The Morgan fingerprint density at radius 3 is 3.20 bits per heavy atom. The lowest BCUT2D eigenvalue weighted by molar-refractivity contribution is 0.246. The van der Waals surface area contributed by atoms with E-state index in [1.165, 1.54) is 6.07 Å². The van der Waals surface area contributed by atoms with Gasteiger partial charge >= 0.3 is 6.03 Å². The van der Waals surface area contributed by atoms with E-state index in [-0.39, 0.29) is 11.8 Å². The van der Waals surface area contributed by atoms with Crippen LogP contribution in [0.2, 0.25) is 0 Å². The minimum atomic E-state index is -0.213. The van der Waals surface area contributed by atoms with E-state index in [2.05, 4.69) is 20.5 Å². The lowest BCUT2D eigenvalue weighted by Crippen LogP contribution is -2.43. The van der Waals surface area contributed by atoms with Gasteiger partial charge in [0.05, 0.1) is 17.6 Å². The van der Waals surface area contributed by atoms with Crippen molar-refractivity contribution in [1.29, 1.82) is 0 Å². The number of H-pyrrole nitrogens is 2. The second-order valence-electron chi connectivity index (χ2n) is 6.43. The first kappa shape index (κ1) is 15.7. The van der Waals surface area contributed by atoms with Gasteiger partial charge in [-0.25, -0.2) is 9.18 Å². The summed E-state index contributed by atoms with van der Waals surface area (Å²) in [5.41, 5.74) is 4.35. The van der Waals surface area contributed by atoms with Gasteiger partial charge in [0.2, 0.25) is 0 Å². The van der Waals surface area contributed by atoms with Crippen LogP contribution in [-0.4, -0.2) is 34.3 Å². The fourth-order valence-electron chi connectivity index (χ4n) is 3.38. The monoisotopic (exact) mass is 341 g/mol. The van der Waals surface area contributed by atoms with Crippen molar-refractivity contribution in [2.45, 2.75) is 26.2 Å². The van der Waals surface area contributed by atoms with Crippen molar-refractivity contribution in [2.75, 3.05) is 18.0 Å². The number of amides is 2. The third-order valence-corrected chi connectivity index (χ3v) is 4.76. The third-order valence-electron chi connectivity index (χ3n) is 4.76. The van der Waals surface area contributed by atoms with Crippen LogP contribution in [0.4, 0.5) is 14.9 Å². The molecule has 0 unspecified atom stereocenters. The molecular formula is C18H20FN5O. The number of anilines is 1. The van der Waals surface area contributed by atoms with E-state index in [9.17, 15) is 9.18 Å². The molecule has 0 aliphatic carbocycles. The maximum atomic E-state index is 13.6. The number of carbonyl (C=O) groups excluding carboxylic acids is 1. The zero-order valence-corrected chi connectivity index (χ0v) is 14.0.